The molecule has 2 aliphatic rings. The molecule has 18 heteroatoms. The van der Waals surface area contributed by atoms with Gasteiger partial charge in [0.2, 0.25) is 0 Å². The lowest BCUT2D eigenvalue weighted by molar-refractivity contribution is -0.154. The normalized spacial score (nSPS) is 16.0. The van der Waals surface area contributed by atoms with Gasteiger partial charge in [0.25, 0.3) is 11.8 Å². The number of allylic oxidation sites excluding steroid dienone is 1. The largest absolute Gasteiger partial charge is 0.448 e. The Morgan fingerprint density at radius 1 is 0.826 bits per heavy atom. The lowest BCUT2D eigenvalue weighted by Crippen LogP contribution is -2.71. The van der Waals surface area contributed by atoms with E-state index in [4.69, 9.17) is 14.6 Å². The zero-order valence-corrected chi connectivity index (χ0v) is 39.4. The molecule has 2 aromatic heterocycles. The number of amides is 2. The molecule has 3 N–H and O–H groups in total. The molecule has 15 nitrogen and oxygen atoms in total. The number of carbonyl (C=O) groups excluding carboxylic acids is 3. The number of anilines is 1. The molecule has 0 aliphatic carbocycles. The van der Waals surface area contributed by atoms with Crippen molar-refractivity contribution in [1.82, 2.24) is 30.0 Å². The van der Waals surface area contributed by atoms with Crippen LogP contribution in [0, 0.1) is 0 Å². The minimum atomic E-state index is -1.07. The molecule has 2 atom stereocenters. The zero-order valence-electron chi connectivity index (χ0n) is 36.9. The van der Waals surface area contributed by atoms with Crippen molar-refractivity contribution < 1.29 is 24.0 Å². The standard InChI is InChI=1S/C51H42N8O7S3/c1-58-50(54-44(61)45(62)56-58)67-29-28-34-30-68-47-40(46(63)59(47)41(34)48(64)66-42(32-18-8-3-9-19-32)33-20-10-4-11-21-33)53-43(60)39(57-65-2)38-31-69-49(52-38)55-51(35-22-12-5-13-23-35,36-24-14-6-15-25-36)37-26-16-7-17-27-37/h3-29,31,40,42,47H,30H2,1-2H3,(H,52,55)(H,53,60)(H,56,62). The van der Waals surface area contributed by atoms with Crippen LogP contribution in [0.2, 0.25) is 0 Å². The maximum atomic E-state index is 14.6. The number of aromatic amines is 1. The molecule has 346 valence electrons. The quantitative estimate of drug-likeness (QED) is 0.0172. The van der Waals surface area contributed by atoms with Gasteiger partial charge in [-0.3, -0.25) is 33.9 Å². The number of nitrogens with zero attached hydrogens (tertiary/aromatic N) is 5. The smallest absolute Gasteiger partial charge is 0.356 e. The van der Waals surface area contributed by atoms with Gasteiger partial charge in [0.15, 0.2) is 22.1 Å². The summed E-state index contributed by atoms with van der Waals surface area (Å²) in [5.74, 6) is -1.80. The number of esters is 1. The number of fused-ring (bicyclic) bond motifs is 1. The number of ether oxygens (including phenoxy) is 1. The summed E-state index contributed by atoms with van der Waals surface area (Å²) >= 11 is 3.65. The minimum absolute atomic E-state index is 0.00832. The van der Waals surface area contributed by atoms with E-state index in [1.54, 1.807) is 16.9 Å². The van der Waals surface area contributed by atoms with E-state index < -0.39 is 52.0 Å². The molecule has 1 saturated heterocycles. The lowest BCUT2D eigenvalue weighted by Gasteiger charge is -2.49. The third kappa shape index (κ3) is 9.54. The number of H-pyrrole nitrogens is 1. The third-order valence-electron chi connectivity index (χ3n) is 11.4. The average molecular weight is 975 g/mol. The number of oxime groups is 1. The van der Waals surface area contributed by atoms with E-state index in [0.29, 0.717) is 21.8 Å². The molecule has 7 aromatic rings. The highest BCUT2D eigenvalue weighted by atomic mass is 32.2. The first-order chi connectivity index (χ1) is 33.7. The monoisotopic (exact) mass is 974 g/mol. The topological polar surface area (TPSA) is 190 Å². The average Bonchev–Trinajstić information content (AvgIpc) is 3.86. The molecule has 9 rings (SSSR count). The van der Waals surface area contributed by atoms with Gasteiger partial charge < -0.3 is 20.2 Å². The van der Waals surface area contributed by atoms with Crippen LogP contribution in [0.3, 0.4) is 0 Å². The summed E-state index contributed by atoms with van der Waals surface area (Å²) < 4.78 is 7.61. The summed E-state index contributed by atoms with van der Waals surface area (Å²) in [7, 11) is 2.85. The van der Waals surface area contributed by atoms with Crippen molar-refractivity contribution in [2.24, 2.45) is 12.2 Å². The van der Waals surface area contributed by atoms with E-state index >= 15 is 0 Å². The number of rotatable bonds is 16. The second kappa shape index (κ2) is 20.6. The maximum absolute atomic E-state index is 14.6. The molecule has 0 radical (unpaired) electrons. The maximum Gasteiger partial charge on any atom is 0.356 e. The van der Waals surface area contributed by atoms with Gasteiger partial charge in [-0.1, -0.05) is 169 Å². The molecule has 69 heavy (non-hydrogen) atoms. The molecule has 0 saturated carbocycles. The molecule has 1 fully saturated rings. The Morgan fingerprint density at radius 3 is 1.93 bits per heavy atom. The molecule has 0 spiro atoms. The zero-order chi connectivity index (χ0) is 47.9. The fraction of sp³-hybridized carbons (Fsp3) is 0.137. The highest BCUT2D eigenvalue weighted by Crippen LogP contribution is 2.43. The van der Waals surface area contributed by atoms with Crippen LogP contribution < -0.4 is 21.8 Å². The Kier molecular flexibility index (Phi) is 13.8. The van der Waals surface area contributed by atoms with Crippen molar-refractivity contribution in [1.29, 1.82) is 0 Å². The van der Waals surface area contributed by atoms with E-state index in [1.807, 2.05) is 115 Å². The van der Waals surface area contributed by atoms with Crippen molar-refractivity contribution in [3.63, 3.8) is 0 Å². The summed E-state index contributed by atoms with van der Waals surface area (Å²) in [5.41, 5.74) is 2.11. The van der Waals surface area contributed by atoms with Gasteiger partial charge in [-0.05, 0) is 44.9 Å². The van der Waals surface area contributed by atoms with Crippen LogP contribution in [0.5, 0.6) is 0 Å². The SMILES string of the molecule is CON=C(C(=O)NC1C(=O)N2C(C(=O)OC(c3ccccc3)c3ccccc3)=C(C=CSc3nc(=O)c(=O)[nH]n3C)CSC12)c1csc(NC(c2ccccc2)(c2ccccc2)c2ccccc2)n1. The molecule has 2 amide bonds. The second-order valence-electron chi connectivity index (χ2n) is 15.6. The van der Waals surface area contributed by atoms with Gasteiger partial charge in [0.1, 0.15) is 35.5 Å². The number of aromatic nitrogens is 4. The molecule has 0 bridgehead atoms. The summed E-state index contributed by atoms with van der Waals surface area (Å²) in [6.07, 6.45) is 0.815. The summed E-state index contributed by atoms with van der Waals surface area (Å²) in [6.45, 7) is 0. The van der Waals surface area contributed by atoms with Crippen molar-refractivity contribution >= 4 is 63.5 Å². The number of thiazole rings is 1. The predicted molar refractivity (Wildman–Crippen MR) is 266 cm³/mol. The first kappa shape index (κ1) is 46.3. The minimum Gasteiger partial charge on any atom is -0.448 e. The van der Waals surface area contributed by atoms with Crippen LogP contribution in [0.15, 0.2) is 200 Å². The fourth-order valence-corrected chi connectivity index (χ4v) is 10.9. The van der Waals surface area contributed by atoms with E-state index in [2.05, 4.69) is 62.3 Å². The first-order valence-electron chi connectivity index (χ1n) is 21.5. The number of aryl methyl sites for hydroxylation is 1. The summed E-state index contributed by atoms with van der Waals surface area (Å²) in [5, 5.41) is 16.3. The first-order valence-corrected chi connectivity index (χ1v) is 24.3. The fourth-order valence-electron chi connectivity index (χ4n) is 8.14. The van der Waals surface area contributed by atoms with Crippen LogP contribution in [0.25, 0.3) is 0 Å². The summed E-state index contributed by atoms with van der Waals surface area (Å²) in [4.78, 5) is 82.3. The highest BCUT2D eigenvalue weighted by Gasteiger charge is 2.55. The lowest BCUT2D eigenvalue weighted by atomic mass is 9.77. The van der Waals surface area contributed by atoms with E-state index in [9.17, 15) is 24.0 Å². The van der Waals surface area contributed by atoms with E-state index in [1.165, 1.54) is 46.8 Å². The molecule has 5 aromatic carbocycles. The van der Waals surface area contributed by atoms with Gasteiger partial charge >= 0.3 is 17.1 Å². The van der Waals surface area contributed by atoms with Crippen LogP contribution in [0.4, 0.5) is 5.13 Å². The number of thioether (sulfide) groups is 2. The number of hydrogen-bond acceptors (Lipinski definition) is 14. The number of β-lactam (4-membered cyclic amide) rings is 1. The van der Waals surface area contributed by atoms with Crippen molar-refractivity contribution in [3.05, 3.63) is 234 Å². The number of benzene rings is 5. The van der Waals surface area contributed by atoms with Gasteiger partial charge in [-0.25, -0.2) is 9.78 Å². The number of hydrogen-bond donors (Lipinski definition) is 3. The van der Waals surface area contributed by atoms with Gasteiger partial charge in [0, 0.05) is 18.2 Å². The van der Waals surface area contributed by atoms with Gasteiger partial charge in [-0.2, -0.15) is 4.98 Å². The number of nitrogens with one attached hydrogen (secondary N) is 3. The molecule has 2 aliphatic heterocycles. The molecule has 4 heterocycles. The predicted octanol–water partition coefficient (Wildman–Crippen LogP) is 6.97. The van der Waals surface area contributed by atoms with Crippen molar-refractivity contribution in [3.8, 4) is 0 Å². The molecular weight excluding hydrogens is 933 g/mol. The second-order valence-corrected chi connectivity index (χ2v) is 18.4. The highest BCUT2D eigenvalue weighted by molar-refractivity contribution is 8.02. The summed E-state index contributed by atoms with van der Waals surface area (Å²) in [6, 6.07) is 47.5. The Morgan fingerprint density at radius 2 is 1.38 bits per heavy atom. The number of carbonyl (C=O) groups is 3. The molecule has 2 unspecified atom stereocenters. The Bertz CT molecular complexity index is 3070. The van der Waals surface area contributed by atoms with E-state index in [0.717, 1.165) is 28.5 Å². The van der Waals surface area contributed by atoms with Crippen LogP contribution in [-0.4, -0.2) is 72.4 Å². The Hall–Kier alpha value is -7.80. The van der Waals surface area contributed by atoms with Crippen molar-refractivity contribution in [2.75, 3.05) is 18.2 Å². The van der Waals surface area contributed by atoms with Crippen molar-refractivity contribution in [2.45, 2.75) is 28.2 Å². The van der Waals surface area contributed by atoms with Crippen LogP contribution in [-0.2, 0) is 36.5 Å². The Balaban J connectivity index is 0.997. The van der Waals surface area contributed by atoms with Gasteiger partial charge in [-0.15, -0.1) is 23.1 Å². The molecular formula is C51H42N8O7S3. The van der Waals surface area contributed by atoms with Crippen LogP contribution in [0.1, 0.15) is 39.6 Å². The Labute approximate surface area is 408 Å². The van der Waals surface area contributed by atoms with Gasteiger partial charge in [0.05, 0.1) is 0 Å². The third-order valence-corrected chi connectivity index (χ3v) is 14.3. The van der Waals surface area contributed by atoms with E-state index in [-0.39, 0.29) is 28.0 Å². The van der Waals surface area contributed by atoms with Crippen LogP contribution >= 0.6 is 34.9 Å².